The van der Waals surface area contributed by atoms with E-state index in [0.29, 0.717) is 6.04 Å². The minimum absolute atomic E-state index is 0.597. The molecule has 1 aliphatic carbocycles. The maximum atomic E-state index is 4.79. The first-order chi connectivity index (χ1) is 9.69. The molecule has 1 fully saturated rings. The van der Waals surface area contributed by atoms with Crippen molar-refractivity contribution in [1.82, 2.24) is 15.2 Å². The van der Waals surface area contributed by atoms with Crippen molar-refractivity contribution in [2.75, 3.05) is 13.1 Å². The van der Waals surface area contributed by atoms with Crippen molar-refractivity contribution in [3.8, 4) is 0 Å². The van der Waals surface area contributed by atoms with Gasteiger partial charge < -0.3 is 5.32 Å². The highest BCUT2D eigenvalue weighted by Crippen LogP contribution is 2.30. The van der Waals surface area contributed by atoms with Crippen molar-refractivity contribution >= 4 is 0 Å². The van der Waals surface area contributed by atoms with E-state index in [-0.39, 0.29) is 0 Å². The van der Waals surface area contributed by atoms with Gasteiger partial charge in [-0.1, -0.05) is 13.0 Å². The van der Waals surface area contributed by atoms with Crippen molar-refractivity contribution in [2.45, 2.75) is 59.2 Å². The molecule has 0 radical (unpaired) electrons. The highest BCUT2D eigenvalue weighted by atomic mass is 15.2. The van der Waals surface area contributed by atoms with Gasteiger partial charge in [-0.25, -0.2) is 0 Å². The molecule has 20 heavy (non-hydrogen) atoms. The molecule has 1 saturated carbocycles. The Kier molecular flexibility index (Phi) is 5.99. The van der Waals surface area contributed by atoms with Crippen LogP contribution in [0.2, 0.25) is 0 Å². The number of rotatable bonds is 9. The molecule has 1 aromatic rings. The Hall–Kier alpha value is -0.930. The van der Waals surface area contributed by atoms with E-state index >= 15 is 0 Å². The molecule has 0 atom stereocenters. The molecule has 0 unspecified atom stereocenters. The summed E-state index contributed by atoms with van der Waals surface area (Å²) in [5.41, 5.74) is 2.36. The zero-order chi connectivity index (χ0) is 14.4. The van der Waals surface area contributed by atoms with Crippen LogP contribution in [0.25, 0.3) is 0 Å². The number of aromatic nitrogens is 1. The summed E-state index contributed by atoms with van der Waals surface area (Å²) in [6, 6.07) is 7.01. The molecule has 0 saturated heterocycles. The van der Waals surface area contributed by atoms with E-state index in [1.165, 1.54) is 31.5 Å². The Bertz CT molecular complexity index is 399. The Morgan fingerprint density at radius 1 is 1.30 bits per heavy atom. The fourth-order valence-corrected chi connectivity index (χ4v) is 2.41. The van der Waals surface area contributed by atoms with Crippen LogP contribution in [0, 0.1) is 5.92 Å². The molecule has 0 aromatic carbocycles. The molecular weight excluding hydrogens is 246 g/mol. The van der Waals surface area contributed by atoms with Crippen LogP contribution in [-0.4, -0.2) is 29.0 Å². The van der Waals surface area contributed by atoms with Gasteiger partial charge in [-0.2, -0.15) is 0 Å². The van der Waals surface area contributed by atoms with E-state index < -0.39 is 0 Å². The first-order valence-electron chi connectivity index (χ1n) is 8.08. The molecule has 112 valence electrons. The lowest BCUT2D eigenvalue weighted by Gasteiger charge is -2.26. The molecule has 1 heterocycles. The Morgan fingerprint density at radius 3 is 2.70 bits per heavy atom. The molecule has 1 aliphatic rings. The van der Waals surface area contributed by atoms with E-state index in [9.17, 15) is 0 Å². The number of nitrogens with one attached hydrogen (secondary N) is 1. The zero-order valence-corrected chi connectivity index (χ0v) is 13.2. The summed E-state index contributed by atoms with van der Waals surface area (Å²) in [5.74, 6) is 0.937. The van der Waals surface area contributed by atoms with Gasteiger partial charge >= 0.3 is 0 Å². The van der Waals surface area contributed by atoms with Gasteiger partial charge in [-0.15, -0.1) is 0 Å². The molecular formula is C17H29N3. The van der Waals surface area contributed by atoms with E-state index in [4.69, 9.17) is 4.98 Å². The van der Waals surface area contributed by atoms with Crippen LogP contribution in [0.5, 0.6) is 0 Å². The number of hydrogen-bond donors (Lipinski definition) is 1. The lowest BCUT2D eigenvalue weighted by Crippen LogP contribution is -2.32. The molecule has 3 nitrogen and oxygen atoms in total. The third-order valence-electron chi connectivity index (χ3n) is 3.88. The average Bonchev–Trinajstić information content (AvgIpc) is 3.23. The van der Waals surface area contributed by atoms with E-state index in [2.05, 4.69) is 49.2 Å². The standard InChI is InChI=1S/C17H29N3/c1-4-10-18-11-16-6-5-7-17(19-16)13-20(14(2)3)12-15-8-9-15/h5-7,14-15,18H,4,8-13H2,1-3H3. The van der Waals surface area contributed by atoms with Gasteiger partial charge in [0, 0.05) is 25.7 Å². The maximum Gasteiger partial charge on any atom is 0.0547 e. The normalized spacial score (nSPS) is 15.2. The fourth-order valence-electron chi connectivity index (χ4n) is 2.41. The molecule has 2 rings (SSSR count). The molecule has 1 N–H and O–H groups in total. The summed E-state index contributed by atoms with van der Waals surface area (Å²) in [4.78, 5) is 7.35. The van der Waals surface area contributed by atoms with Crippen molar-refractivity contribution in [3.63, 3.8) is 0 Å². The third kappa shape index (κ3) is 5.22. The van der Waals surface area contributed by atoms with Crippen LogP contribution in [0.3, 0.4) is 0 Å². The van der Waals surface area contributed by atoms with Crippen molar-refractivity contribution in [3.05, 3.63) is 29.6 Å². The highest BCUT2D eigenvalue weighted by molar-refractivity contribution is 5.11. The number of hydrogen-bond acceptors (Lipinski definition) is 3. The van der Waals surface area contributed by atoms with E-state index in [1.807, 2.05) is 0 Å². The first kappa shape index (κ1) is 15.5. The molecule has 0 amide bonds. The second-order valence-corrected chi connectivity index (χ2v) is 6.26. The van der Waals surface area contributed by atoms with Crippen LogP contribution in [0.15, 0.2) is 18.2 Å². The highest BCUT2D eigenvalue weighted by Gasteiger charge is 2.25. The van der Waals surface area contributed by atoms with Crippen LogP contribution in [0.4, 0.5) is 0 Å². The topological polar surface area (TPSA) is 28.2 Å². The van der Waals surface area contributed by atoms with Crippen LogP contribution in [0.1, 0.15) is 51.4 Å². The maximum absolute atomic E-state index is 4.79. The van der Waals surface area contributed by atoms with Crippen LogP contribution >= 0.6 is 0 Å². The van der Waals surface area contributed by atoms with Crippen molar-refractivity contribution in [1.29, 1.82) is 0 Å². The fraction of sp³-hybridized carbons (Fsp3) is 0.706. The van der Waals surface area contributed by atoms with Gasteiger partial charge in [0.25, 0.3) is 0 Å². The number of nitrogens with zero attached hydrogens (tertiary/aromatic N) is 2. The summed E-state index contributed by atoms with van der Waals surface area (Å²) in [7, 11) is 0. The molecule has 3 heteroatoms. The minimum Gasteiger partial charge on any atom is -0.311 e. The predicted octanol–water partition coefficient (Wildman–Crippen LogP) is 3.20. The minimum atomic E-state index is 0.597. The van der Waals surface area contributed by atoms with Gasteiger partial charge in [0.05, 0.1) is 11.4 Å². The van der Waals surface area contributed by atoms with Gasteiger partial charge in [0.1, 0.15) is 0 Å². The van der Waals surface area contributed by atoms with Gasteiger partial charge in [0.15, 0.2) is 0 Å². The number of pyridine rings is 1. The van der Waals surface area contributed by atoms with Crippen molar-refractivity contribution < 1.29 is 0 Å². The third-order valence-corrected chi connectivity index (χ3v) is 3.88. The summed E-state index contributed by atoms with van der Waals surface area (Å²) in [6.07, 6.45) is 4.00. The zero-order valence-electron chi connectivity index (χ0n) is 13.2. The Morgan fingerprint density at radius 2 is 2.05 bits per heavy atom. The monoisotopic (exact) mass is 275 g/mol. The predicted molar refractivity (Wildman–Crippen MR) is 84.5 cm³/mol. The van der Waals surface area contributed by atoms with Gasteiger partial charge in [-0.05, 0) is 57.7 Å². The smallest absolute Gasteiger partial charge is 0.0547 e. The van der Waals surface area contributed by atoms with E-state index in [1.54, 1.807) is 0 Å². The molecule has 1 aromatic heterocycles. The van der Waals surface area contributed by atoms with Gasteiger partial charge in [-0.3, -0.25) is 9.88 Å². The van der Waals surface area contributed by atoms with Crippen LogP contribution < -0.4 is 5.32 Å². The first-order valence-corrected chi connectivity index (χ1v) is 8.08. The second-order valence-electron chi connectivity index (χ2n) is 6.26. The van der Waals surface area contributed by atoms with Crippen molar-refractivity contribution in [2.24, 2.45) is 5.92 Å². The summed E-state index contributed by atoms with van der Waals surface area (Å²) < 4.78 is 0. The molecule has 0 aliphatic heterocycles. The lowest BCUT2D eigenvalue weighted by atomic mass is 10.2. The quantitative estimate of drug-likeness (QED) is 0.702. The SMILES string of the molecule is CCCNCc1cccc(CN(CC2CC2)C(C)C)n1. The second kappa shape index (κ2) is 7.75. The van der Waals surface area contributed by atoms with E-state index in [0.717, 1.165) is 31.2 Å². The molecule has 0 bridgehead atoms. The lowest BCUT2D eigenvalue weighted by molar-refractivity contribution is 0.201. The summed E-state index contributed by atoms with van der Waals surface area (Å²) in [6.45, 7) is 10.9. The Balaban J connectivity index is 1.90. The molecule has 0 spiro atoms. The summed E-state index contributed by atoms with van der Waals surface area (Å²) in [5, 5.41) is 3.42. The Labute approximate surface area is 123 Å². The van der Waals surface area contributed by atoms with Crippen LogP contribution in [-0.2, 0) is 13.1 Å². The van der Waals surface area contributed by atoms with Gasteiger partial charge in [0.2, 0.25) is 0 Å². The summed E-state index contributed by atoms with van der Waals surface area (Å²) >= 11 is 0. The average molecular weight is 275 g/mol. The largest absolute Gasteiger partial charge is 0.311 e.